The zero-order valence-corrected chi connectivity index (χ0v) is 8.37. The molecule has 2 heterocycles. The predicted molar refractivity (Wildman–Crippen MR) is 52.1 cm³/mol. The number of halogens is 2. The van der Waals surface area contributed by atoms with Crippen molar-refractivity contribution in [1.29, 1.82) is 5.26 Å². The van der Waals surface area contributed by atoms with Crippen molar-refractivity contribution >= 4 is 28.8 Å². The van der Waals surface area contributed by atoms with Gasteiger partial charge in [-0.2, -0.15) is 5.26 Å². The Morgan fingerprint density at radius 1 is 1.43 bits per heavy atom. The van der Waals surface area contributed by atoms with Crippen molar-refractivity contribution in [3.63, 3.8) is 0 Å². The molecule has 70 valence electrons. The lowest BCUT2D eigenvalue weighted by molar-refractivity contribution is 0.902. The number of nitriles is 1. The third kappa shape index (κ3) is 1.41. The summed E-state index contributed by atoms with van der Waals surface area (Å²) in [6.45, 7) is 0. The van der Waals surface area contributed by atoms with E-state index in [0.717, 1.165) is 0 Å². The van der Waals surface area contributed by atoms with E-state index in [1.165, 1.54) is 4.52 Å². The van der Waals surface area contributed by atoms with Crippen LogP contribution in [0.25, 0.3) is 5.65 Å². The molecule has 0 amide bonds. The molecule has 6 heteroatoms. The molecule has 4 nitrogen and oxygen atoms in total. The van der Waals surface area contributed by atoms with Crippen LogP contribution in [0.4, 0.5) is 0 Å². The second kappa shape index (κ2) is 3.45. The maximum Gasteiger partial charge on any atom is 0.184 e. The average Bonchev–Trinajstić information content (AvgIpc) is 2.60. The maximum absolute atomic E-state index is 8.78. The normalized spacial score (nSPS) is 10.7. The van der Waals surface area contributed by atoms with Crippen molar-refractivity contribution in [2.24, 2.45) is 0 Å². The van der Waals surface area contributed by atoms with Crippen molar-refractivity contribution in [2.75, 3.05) is 0 Å². The summed E-state index contributed by atoms with van der Waals surface area (Å²) in [7, 11) is 0. The largest absolute Gasteiger partial charge is 0.209 e. The Morgan fingerprint density at radius 3 is 2.86 bits per heavy atom. The lowest BCUT2D eigenvalue weighted by atomic mass is 10.4. The molecule has 0 aromatic carbocycles. The van der Waals surface area contributed by atoms with Gasteiger partial charge in [-0.25, -0.2) is 9.50 Å². The fourth-order valence-electron chi connectivity index (χ4n) is 1.10. The number of hydrogen-bond donors (Lipinski definition) is 0. The minimum Gasteiger partial charge on any atom is -0.209 e. The first-order chi connectivity index (χ1) is 6.72. The SMILES string of the molecule is N#Cc1cccc2nc(C(Cl)Cl)nn12. The Balaban J connectivity index is 2.72. The number of pyridine rings is 1. The summed E-state index contributed by atoms with van der Waals surface area (Å²) in [5.41, 5.74) is 0.959. The van der Waals surface area contributed by atoms with Crippen LogP contribution in [0.3, 0.4) is 0 Å². The summed E-state index contributed by atoms with van der Waals surface area (Å²) in [5, 5.41) is 12.8. The van der Waals surface area contributed by atoms with Gasteiger partial charge in [-0.1, -0.05) is 29.3 Å². The van der Waals surface area contributed by atoms with Gasteiger partial charge in [-0.15, -0.1) is 5.10 Å². The van der Waals surface area contributed by atoms with Gasteiger partial charge in [0, 0.05) is 0 Å². The highest BCUT2D eigenvalue weighted by Gasteiger charge is 2.12. The molecule has 2 aromatic rings. The molecule has 0 aliphatic rings. The Hall–Kier alpha value is -1.31. The summed E-state index contributed by atoms with van der Waals surface area (Å²) in [5.74, 6) is 0.302. The minimum atomic E-state index is -0.776. The molecular formula is C8H4Cl2N4. The third-order valence-corrected chi connectivity index (χ3v) is 2.08. The van der Waals surface area contributed by atoms with Crippen molar-refractivity contribution in [1.82, 2.24) is 14.6 Å². The number of hydrogen-bond acceptors (Lipinski definition) is 3. The molecule has 0 bridgehead atoms. The summed E-state index contributed by atoms with van der Waals surface area (Å²) < 4.78 is 1.41. The van der Waals surface area contributed by atoms with Gasteiger partial charge < -0.3 is 0 Å². The van der Waals surface area contributed by atoms with Gasteiger partial charge >= 0.3 is 0 Å². The molecule has 0 aliphatic carbocycles. The van der Waals surface area contributed by atoms with Crippen LogP contribution in [0.15, 0.2) is 18.2 Å². The fraction of sp³-hybridized carbons (Fsp3) is 0.125. The molecular weight excluding hydrogens is 223 g/mol. The molecule has 0 atom stereocenters. The van der Waals surface area contributed by atoms with E-state index in [-0.39, 0.29) is 0 Å². The second-order valence-electron chi connectivity index (χ2n) is 2.56. The number of aromatic nitrogens is 3. The van der Waals surface area contributed by atoms with Gasteiger partial charge in [0.1, 0.15) is 11.8 Å². The monoisotopic (exact) mass is 226 g/mol. The van der Waals surface area contributed by atoms with Gasteiger partial charge in [-0.05, 0) is 12.1 Å². The van der Waals surface area contributed by atoms with Crippen LogP contribution in [-0.4, -0.2) is 14.6 Å². The lowest BCUT2D eigenvalue weighted by Crippen LogP contribution is -1.93. The molecule has 0 aliphatic heterocycles. The Bertz CT molecular complexity index is 512. The van der Waals surface area contributed by atoms with Crippen molar-refractivity contribution < 1.29 is 0 Å². The van der Waals surface area contributed by atoms with E-state index in [1.807, 2.05) is 6.07 Å². The van der Waals surface area contributed by atoms with Gasteiger partial charge in [-0.3, -0.25) is 0 Å². The maximum atomic E-state index is 8.78. The summed E-state index contributed by atoms with van der Waals surface area (Å²) in [4.78, 5) is 3.28. The first-order valence-electron chi connectivity index (χ1n) is 3.76. The van der Waals surface area contributed by atoms with Crippen LogP contribution in [-0.2, 0) is 0 Å². The van der Waals surface area contributed by atoms with E-state index in [9.17, 15) is 0 Å². The number of nitrogens with zero attached hydrogens (tertiary/aromatic N) is 4. The molecule has 0 spiro atoms. The zero-order valence-electron chi connectivity index (χ0n) is 6.85. The number of alkyl halides is 2. The Labute approximate surface area is 89.7 Å². The average molecular weight is 227 g/mol. The van der Waals surface area contributed by atoms with Gasteiger partial charge in [0.2, 0.25) is 0 Å². The lowest BCUT2D eigenvalue weighted by Gasteiger charge is -1.91. The van der Waals surface area contributed by atoms with Gasteiger partial charge in [0.25, 0.3) is 0 Å². The standard InChI is InChI=1S/C8H4Cl2N4/c9-7(10)8-12-6-3-1-2-5(4-11)14(6)13-8/h1-3,7H. The van der Waals surface area contributed by atoms with E-state index >= 15 is 0 Å². The molecule has 2 rings (SSSR count). The van der Waals surface area contributed by atoms with Crippen molar-refractivity contribution in [3.8, 4) is 6.07 Å². The molecule has 0 radical (unpaired) electrons. The fourth-order valence-corrected chi connectivity index (χ4v) is 1.28. The van der Waals surface area contributed by atoms with Crippen LogP contribution >= 0.6 is 23.2 Å². The van der Waals surface area contributed by atoms with E-state index in [4.69, 9.17) is 28.5 Å². The molecule has 2 aromatic heterocycles. The highest BCUT2D eigenvalue weighted by atomic mass is 35.5. The van der Waals surface area contributed by atoms with Crippen LogP contribution in [0.5, 0.6) is 0 Å². The molecule has 14 heavy (non-hydrogen) atoms. The van der Waals surface area contributed by atoms with E-state index in [2.05, 4.69) is 10.1 Å². The predicted octanol–water partition coefficient (Wildman–Crippen LogP) is 2.08. The summed E-state index contributed by atoms with van der Waals surface area (Å²) >= 11 is 11.2. The molecule has 0 unspecified atom stereocenters. The highest BCUT2D eigenvalue weighted by Crippen LogP contribution is 2.21. The van der Waals surface area contributed by atoms with Crippen LogP contribution in [0.1, 0.15) is 16.4 Å². The van der Waals surface area contributed by atoms with Gasteiger partial charge in [0.05, 0.1) is 0 Å². The van der Waals surface area contributed by atoms with Crippen LogP contribution in [0.2, 0.25) is 0 Å². The summed E-state index contributed by atoms with van der Waals surface area (Å²) in [6, 6.07) is 7.09. The topological polar surface area (TPSA) is 54.0 Å². The first kappa shape index (κ1) is 9.25. The third-order valence-electron chi connectivity index (χ3n) is 1.69. The second-order valence-corrected chi connectivity index (χ2v) is 3.66. The molecule has 0 saturated carbocycles. The van der Waals surface area contributed by atoms with Gasteiger partial charge in [0.15, 0.2) is 16.3 Å². The quantitative estimate of drug-likeness (QED) is 0.700. The Morgan fingerprint density at radius 2 is 2.21 bits per heavy atom. The van der Waals surface area contributed by atoms with Crippen LogP contribution in [0, 0.1) is 11.3 Å². The van der Waals surface area contributed by atoms with Crippen LogP contribution < -0.4 is 0 Å². The zero-order chi connectivity index (χ0) is 10.1. The number of rotatable bonds is 1. The smallest absolute Gasteiger partial charge is 0.184 e. The molecule has 0 N–H and O–H groups in total. The van der Waals surface area contributed by atoms with Crippen molar-refractivity contribution in [2.45, 2.75) is 4.84 Å². The number of fused-ring (bicyclic) bond motifs is 1. The van der Waals surface area contributed by atoms with E-state index in [0.29, 0.717) is 17.2 Å². The van der Waals surface area contributed by atoms with E-state index < -0.39 is 4.84 Å². The highest BCUT2D eigenvalue weighted by molar-refractivity contribution is 6.43. The summed E-state index contributed by atoms with van der Waals surface area (Å²) in [6.07, 6.45) is 0. The Kier molecular flexibility index (Phi) is 2.28. The molecule has 0 fully saturated rings. The van der Waals surface area contributed by atoms with E-state index in [1.54, 1.807) is 18.2 Å². The first-order valence-corrected chi connectivity index (χ1v) is 4.63. The minimum absolute atomic E-state index is 0.302. The molecule has 0 saturated heterocycles. The van der Waals surface area contributed by atoms with Crippen molar-refractivity contribution in [3.05, 3.63) is 29.7 Å².